The van der Waals surface area contributed by atoms with Gasteiger partial charge < -0.3 is 4.90 Å². The van der Waals surface area contributed by atoms with Gasteiger partial charge in [-0.1, -0.05) is 13.8 Å². The van der Waals surface area contributed by atoms with E-state index in [0.29, 0.717) is 18.0 Å². The van der Waals surface area contributed by atoms with Crippen LogP contribution in [0.2, 0.25) is 0 Å². The molecule has 14 heavy (non-hydrogen) atoms. The molecule has 0 aromatic carbocycles. The molecule has 1 fully saturated rings. The van der Waals surface area contributed by atoms with Gasteiger partial charge in [0.15, 0.2) is 0 Å². The molecule has 0 radical (unpaired) electrons. The Morgan fingerprint density at radius 2 is 2.21 bits per heavy atom. The standard InChI is InChI=1S/C11H20ClNO/c1-4-10-6-5-9(3)13(10)11(14)8(2)7-12/h8-10H,4-7H2,1-3H3. The largest absolute Gasteiger partial charge is 0.337 e. The van der Waals surface area contributed by atoms with E-state index in [1.807, 2.05) is 11.8 Å². The summed E-state index contributed by atoms with van der Waals surface area (Å²) < 4.78 is 0. The second-order valence-electron chi connectivity index (χ2n) is 4.29. The zero-order valence-electron chi connectivity index (χ0n) is 9.29. The predicted molar refractivity (Wildman–Crippen MR) is 59.5 cm³/mol. The van der Waals surface area contributed by atoms with Crippen molar-refractivity contribution in [1.82, 2.24) is 4.90 Å². The highest BCUT2D eigenvalue weighted by Crippen LogP contribution is 2.27. The van der Waals surface area contributed by atoms with Gasteiger partial charge in [0.2, 0.25) is 5.91 Å². The summed E-state index contributed by atoms with van der Waals surface area (Å²) in [5, 5.41) is 0. The molecule has 82 valence electrons. The Hall–Kier alpha value is -0.240. The van der Waals surface area contributed by atoms with Crippen LogP contribution in [0.1, 0.15) is 40.0 Å². The molecular weight excluding hydrogens is 198 g/mol. The van der Waals surface area contributed by atoms with Crippen molar-refractivity contribution < 1.29 is 4.79 Å². The number of amides is 1. The lowest BCUT2D eigenvalue weighted by Crippen LogP contribution is -2.43. The van der Waals surface area contributed by atoms with Crippen LogP contribution in [-0.4, -0.2) is 28.8 Å². The van der Waals surface area contributed by atoms with Crippen molar-refractivity contribution in [2.45, 2.75) is 52.1 Å². The van der Waals surface area contributed by atoms with Crippen LogP contribution in [0.25, 0.3) is 0 Å². The summed E-state index contributed by atoms with van der Waals surface area (Å²) in [6, 6.07) is 0.848. The Labute approximate surface area is 91.6 Å². The second kappa shape index (κ2) is 5.01. The van der Waals surface area contributed by atoms with Crippen molar-refractivity contribution in [3.05, 3.63) is 0 Å². The molecule has 0 N–H and O–H groups in total. The molecule has 3 heteroatoms. The van der Waals surface area contributed by atoms with Gasteiger partial charge in [0.05, 0.1) is 0 Å². The number of nitrogens with zero attached hydrogens (tertiary/aromatic N) is 1. The van der Waals surface area contributed by atoms with E-state index in [1.54, 1.807) is 0 Å². The molecule has 1 rings (SSSR count). The van der Waals surface area contributed by atoms with Crippen molar-refractivity contribution in [3.63, 3.8) is 0 Å². The number of halogens is 1. The Kier molecular flexibility index (Phi) is 4.24. The Morgan fingerprint density at radius 3 is 2.71 bits per heavy atom. The monoisotopic (exact) mass is 217 g/mol. The molecule has 1 amide bonds. The van der Waals surface area contributed by atoms with Crippen LogP contribution in [0.3, 0.4) is 0 Å². The molecule has 0 bridgehead atoms. The normalized spacial score (nSPS) is 29.3. The molecule has 1 heterocycles. The van der Waals surface area contributed by atoms with Crippen LogP contribution in [0, 0.1) is 5.92 Å². The Balaban J connectivity index is 2.68. The number of likely N-dealkylation sites (tertiary alicyclic amines) is 1. The lowest BCUT2D eigenvalue weighted by atomic mass is 10.1. The van der Waals surface area contributed by atoms with E-state index in [9.17, 15) is 4.79 Å². The molecule has 0 aliphatic carbocycles. The fourth-order valence-electron chi connectivity index (χ4n) is 2.19. The van der Waals surface area contributed by atoms with Crippen molar-refractivity contribution in [2.75, 3.05) is 5.88 Å². The molecule has 0 saturated carbocycles. The molecule has 1 aliphatic heterocycles. The fraction of sp³-hybridized carbons (Fsp3) is 0.909. The predicted octanol–water partition coefficient (Wildman–Crippen LogP) is 2.65. The average Bonchev–Trinajstić information content (AvgIpc) is 2.57. The lowest BCUT2D eigenvalue weighted by Gasteiger charge is -2.30. The van der Waals surface area contributed by atoms with E-state index in [2.05, 4.69) is 13.8 Å². The number of rotatable bonds is 3. The van der Waals surface area contributed by atoms with Crippen molar-refractivity contribution >= 4 is 17.5 Å². The van der Waals surface area contributed by atoms with Crippen LogP contribution in [-0.2, 0) is 4.79 Å². The van der Waals surface area contributed by atoms with Crippen LogP contribution >= 0.6 is 11.6 Å². The highest BCUT2D eigenvalue weighted by Gasteiger charge is 2.34. The van der Waals surface area contributed by atoms with Gasteiger partial charge in [-0.3, -0.25) is 4.79 Å². The molecule has 1 saturated heterocycles. The summed E-state index contributed by atoms with van der Waals surface area (Å²) >= 11 is 5.72. The molecule has 0 aromatic rings. The molecule has 0 spiro atoms. The topological polar surface area (TPSA) is 20.3 Å². The zero-order valence-corrected chi connectivity index (χ0v) is 10.0. The van der Waals surface area contributed by atoms with Gasteiger partial charge in [-0.05, 0) is 26.2 Å². The van der Waals surface area contributed by atoms with Crippen molar-refractivity contribution in [2.24, 2.45) is 5.92 Å². The maximum atomic E-state index is 12.0. The minimum Gasteiger partial charge on any atom is -0.337 e. The SMILES string of the molecule is CCC1CCC(C)N1C(=O)C(C)CCl. The van der Waals surface area contributed by atoms with Crippen molar-refractivity contribution in [3.8, 4) is 0 Å². The first-order valence-electron chi connectivity index (χ1n) is 5.49. The number of hydrogen-bond donors (Lipinski definition) is 0. The minimum atomic E-state index is -0.0359. The summed E-state index contributed by atoms with van der Waals surface area (Å²) in [6.07, 6.45) is 3.35. The van der Waals surface area contributed by atoms with Crippen LogP contribution < -0.4 is 0 Å². The summed E-state index contributed by atoms with van der Waals surface area (Å²) in [5.41, 5.74) is 0. The summed E-state index contributed by atoms with van der Waals surface area (Å²) in [4.78, 5) is 14.0. The van der Waals surface area contributed by atoms with Gasteiger partial charge >= 0.3 is 0 Å². The highest BCUT2D eigenvalue weighted by atomic mass is 35.5. The Morgan fingerprint density at radius 1 is 1.57 bits per heavy atom. The van der Waals surface area contributed by atoms with E-state index in [0.717, 1.165) is 19.3 Å². The van der Waals surface area contributed by atoms with Gasteiger partial charge in [0.25, 0.3) is 0 Å². The molecule has 3 unspecified atom stereocenters. The number of hydrogen-bond acceptors (Lipinski definition) is 1. The first-order chi connectivity index (χ1) is 6.61. The second-order valence-corrected chi connectivity index (χ2v) is 4.60. The summed E-state index contributed by atoms with van der Waals surface area (Å²) in [6.45, 7) is 6.19. The lowest BCUT2D eigenvalue weighted by molar-refractivity contribution is -0.137. The molecule has 3 atom stereocenters. The van der Waals surface area contributed by atoms with Gasteiger partial charge in [-0.25, -0.2) is 0 Å². The van der Waals surface area contributed by atoms with E-state index in [1.165, 1.54) is 0 Å². The Bertz CT molecular complexity index is 207. The van der Waals surface area contributed by atoms with Crippen molar-refractivity contribution in [1.29, 1.82) is 0 Å². The number of carbonyl (C=O) groups excluding carboxylic acids is 1. The maximum Gasteiger partial charge on any atom is 0.227 e. The van der Waals surface area contributed by atoms with E-state index in [4.69, 9.17) is 11.6 Å². The first-order valence-corrected chi connectivity index (χ1v) is 6.03. The smallest absolute Gasteiger partial charge is 0.227 e. The third-order valence-corrected chi connectivity index (χ3v) is 3.63. The van der Waals surface area contributed by atoms with Gasteiger partial charge in [0.1, 0.15) is 0 Å². The fourth-order valence-corrected chi connectivity index (χ4v) is 2.32. The van der Waals surface area contributed by atoms with E-state index in [-0.39, 0.29) is 11.8 Å². The highest BCUT2D eigenvalue weighted by molar-refractivity contribution is 6.19. The third-order valence-electron chi connectivity index (χ3n) is 3.16. The van der Waals surface area contributed by atoms with Crippen LogP contribution in [0.4, 0.5) is 0 Å². The van der Waals surface area contributed by atoms with Gasteiger partial charge in [-0.15, -0.1) is 11.6 Å². The third kappa shape index (κ3) is 2.22. The van der Waals surface area contributed by atoms with Gasteiger partial charge in [-0.2, -0.15) is 0 Å². The molecule has 1 aliphatic rings. The average molecular weight is 218 g/mol. The number of carbonyl (C=O) groups is 1. The number of alkyl halides is 1. The van der Waals surface area contributed by atoms with Crippen LogP contribution in [0.5, 0.6) is 0 Å². The van der Waals surface area contributed by atoms with Crippen LogP contribution in [0.15, 0.2) is 0 Å². The van der Waals surface area contributed by atoms with E-state index >= 15 is 0 Å². The molecular formula is C11H20ClNO. The quantitative estimate of drug-likeness (QED) is 0.666. The summed E-state index contributed by atoms with van der Waals surface area (Å²) in [7, 11) is 0. The first kappa shape index (κ1) is 11.8. The van der Waals surface area contributed by atoms with E-state index < -0.39 is 0 Å². The minimum absolute atomic E-state index is 0.0359. The summed E-state index contributed by atoms with van der Waals surface area (Å²) in [5.74, 6) is 0.626. The zero-order chi connectivity index (χ0) is 10.7. The molecule has 0 aromatic heterocycles. The maximum absolute atomic E-state index is 12.0. The molecule has 2 nitrogen and oxygen atoms in total. The van der Waals surface area contributed by atoms with Gasteiger partial charge in [0, 0.05) is 23.9 Å².